The van der Waals surface area contributed by atoms with Gasteiger partial charge in [0.15, 0.2) is 0 Å². The number of aryl methyl sites for hydroxylation is 1. The van der Waals surface area contributed by atoms with E-state index in [1.165, 1.54) is 11.1 Å². The molecular weight excluding hydrogens is 364 g/mol. The molecule has 6 heteroatoms. The molecule has 3 atom stereocenters. The molecule has 3 rings (SSSR count). The minimum atomic E-state index is 0.0555. The summed E-state index contributed by atoms with van der Waals surface area (Å²) in [6.45, 7) is 11.3. The number of amides is 2. The molecule has 0 saturated carbocycles. The van der Waals surface area contributed by atoms with Crippen LogP contribution in [0.3, 0.4) is 0 Å². The maximum Gasteiger partial charge on any atom is 0.237 e. The lowest BCUT2D eigenvalue weighted by Crippen LogP contribution is -2.43. The Bertz CT molecular complexity index is 731. The van der Waals surface area contributed by atoms with Crippen molar-refractivity contribution in [3.05, 3.63) is 35.4 Å². The molecule has 0 aliphatic carbocycles. The van der Waals surface area contributed by atoms with Gasteiger partial charge >= 0.3 is 0 Å². The van der Waals surface area contributed by atoms with Crippen molar-refractivity contribution in [2.75, 3.05) is 59.9 Å². The number of hydrogen-bond acceptors (Lipinski definition) is 4. The molecule has 2 saturated heterocycles. The second kappa shape index (κ2) is 9.26. The molecule has 6 nitrogen and oxygen atoms in total. The number of carbonyl (C=O) groups excluding carboxylic acids is 2. The summed E-state index contributed by atoms with van der Waals surface area (Å²) in [5.74, 6) is 1.06. The third kappa shape index (κ3) is 4.64. The molecule has 2 heterocycles. The molecule has 2 aliphatic heterocycles. The maximum atomic E-state index is 13.0. The summed E-state index contributed by atoms with van der Waals surface area (Å²) >= 11 is 0. The van der Waals surface area contributed by atoms with Crippen molar-refractivity contribution < 1.29 is 9.59 Å². The highest BCUT2D eigenvalue weighted by atomic mass is 16.2. The quantitative estimate of drug-likeness (QED) is 0.701. The van der Waals surface area contributed by atoms with E-state index in [9.17, 15) is 9.59 Å². The van der Waals surface area contributed by atoms with E-state index in [1.807, 2.05) is 30.0 Å². The molecule has 0 spiro atoms. The average Bonchev–Trinajstić information content (AvgIpc) is 3.24. The largest absolute Gasteiger partial charge is 0.341 e. The Hall–Kier alpha value is -1.92. The summed E-state index contributed by atoms with van der Waals surface area (Å²) in [6.07, 6.45) is 0. The van der Waals surface area contributed by atoms with Crippen LogP contribution in [-0.2, 0) is 9.59 Å². The maximum absolute atomic E-state index is 13.0. The molecule has 1 aromatic carbocycles. The topological polar surface area (TPSA) is 47.1 Å². The normalized spacial score (nSPS) is 23.9. The third-order valence-corrected chi connectivity index (χ3v) is 6.55. The predicted molar refractivity (Wildman–Crippen MR) is 116 cm³/mol. The van der Waals surface area contributed by atoms with Crippen molar-refractivity contribution in [3.8, 4) is 0 Å². The van der Waals surface area contributed by atoms with Crippen molar-refractivity contribution in [1.29, 1.82) is 0 Å². The Morgan fingerprint density at radius 2 is 1.69 bits per heavy atom. The first-order valence-electron chi connectivity index (χ1n) is 10.9. The van der Waals surface area contributed by atoms with E-state index in [2.05, 4.69) is 48.8 Å². The van der Waals surface area contributed by atoms with Gasteiger partial charge in [-0.15, -0.1) is 0 Å². The van der Waals surface area contributed by atoms with Crippen LogP contribution in [0.15, 0.2) is 24.3 Å². The van der Waals surface area contributed by atoms with Gasteiger partial charge in [-0.3, -0.25) is 14.5 Å². The van der Waals surface area contributed by atoms with Crippen molar-refractivity contribution >= 4 is 11.8 Å². The number of hydrogen-bond donors (Lipinski definition) is 0. The minimum absolute atomic E-state index is 0.0555. The smallest absolute Gasteiger partial charge is 0.237 e. The molecule has 2 aliphatic rings. The average molecular weight is 401 g/mol. The summed E-state index contributed by atoms with van der Waals surface area (Å²) in [7, 11) is 3.87. The second-order valence-electron chi connectivity index (χ2n) is 8.77. The molecular formula is C23H36N4O2. The van der Waals surface area contributed by atoms with E-state index in [0.717, 1.165) is 32.7 Å². The minimum Gasteiger partial charge on any atom is -0.341 e. The highest BCUT2D eigenvalue weighted by molar-refractivity contribution is 5.80. The van der Waals surface area contributed by atoms with Gasteiger partial charge in [-0.2, -0.15) is 0 Å². The van der Waals surface area contributed by atoms with Crippen LogP contribution >= 0.6 is 0 Å². The summed E-state index contributed by atoms with van der Waals surface area (Å²) < 4.78 is 0. The van der Waals surface area contributed by atoms with Gasteiger partial charge in [0.05, 0.1) is 19.1 Å². The summed E-state index contributed by atoms with van der Waals surface area (Å²) in [5.41, 5.74) is 2.44. The molecule has 2 fully saturated rings. The molecule has 0 unspecified atom stereocenters. The SMILES string of the molecule is CCN(CC)CC(=O)N1C[C@@H]2CN(C(=O)CN(C)C)[C@@H](c3ccccc3C)[C@@H]2C1. The fourth-order valence-corrected chi connectivity index (χ4v) is 4.92. The van der Waals surface area contributed by atoms with Gasteiger partial charge in [-0.05, 0) is 45.2 Å². The van der Waals surface area contributed by atoms with E-state index in [1.54, 1.807) is 0 Å². The Balaban J connectivity index is 1.81. The van der Waals surface area contributed by atoms with Crippen molar-refractivity contribution in [1.82, 2.24) is 19.6 Å². The van der Waals surface area contributed by atoms with Gasteiger partial charge in [0, 0.05) is 31.5 Å². The van der Waals surface area contributed by atoms with Crippen LogP contribution in [-0.4, -0.2) is 91.3 Å². The lowest BCUT2D eigenvalue weighted by Gasteiger charge is -2.32. The van der Waals surface area contributed by atoms with Gasteiger partial charge in [-0.25, -0.2) is 0 Å². The van der Waals surface area contributed by atoms with E-state index >= 15 is 0 Å². The van der Waals surface area contributed by atoms with Gasteiger partial charge in [0.2, 0.25) is 11.8 Å². The zero-order chi connectivity index (χ0) is 21.1. The zero-order valence-electron chi connectivity index (χ0n) is 18.6. The number of likely N-dealkylation sites (tertiary alicyclic amines) is 2. The standard InChI is InChI=1S/C23H36N4O2/c1-6-25(7-2)16-21(28)26-12-18-13-27(22(29)15-24(4)5)23(20(18)14-26)19-11-9-8-10-17(19)3/h8-11,18,20,23H,6-7,12-16H2,1-5H3/t18-,20-,23+/m1/s1. The molecule has 0 radical (unpaired) electrons. The van der Waals surface area contributed by atoms with Gasteiger partial charge in [0.25, 0.3) is 0 Å². The molecule has 0 bridgehead atoms. The molecule has 1 aromatic rings. The van der Waals surface area contributed by atoms with E-state index in [-0.39, 0.29) is 17.9 Å². The Morgan fingerprint density at radius 3 is 2.31 bits per heavy atom. The fourth-order valence-electron chi connectivity index (χ4n) is 4.92. The van der Waals surface area contributed by atoms with E-state index < -0.39 is 0 Å². The van der Waals surface area contributed by atoms with E-state index in [4.69, 9.17) is 0 Å². The highest BCUT2D eigenvalue weighted by Gasteiger charge is 2.50. The van der Waals surface area contributed by atoms with Gasteiger partial charge in [0.1, 0.15) is 0 Å². The number of fused-ring (bicyclic) bond motifs is 1. The third-order valence-electron chi connectivity index (χ3n) is 6.55. The number of carbonyl (C=O) groups is 2. The van der Waals surface area contributed by atoms with Crippen LogP contribution in [0.25, 0.3) is 0 Å². The van der Waals surface area contributed by atoms with E-state index in [0.29, 0.717) is 24.9 Å². The Morgan fingerprint density at radius 1 is 1.00 bits per heavy atom. The fraction of sp³-hybridized carbons (Fsp3) is 0.652. The number of nitrogens with zero attached hydrogens (tertiary/aromatic N) is 4. The Kier molecular flexibility index (Phi) is 6.96. The van der Waals surface area contributed by atoms with Crippen LogP contribution in [0.2, 0.25) is 0 Å². The van der Waals surface area contributed by atoms with Crippen LogP contribution in [0.4, 0.5) is 0 Å². The molecule has 29 heavy (non-hydrogen) atoms. The Labute approximate surface area is 175 Å². The number of benzene rings is 1. The molecule has 0 N–H and O–H groups in total. The summed E-state index contributed by atoms with van der Waals surface area (Å²) in [5, 5.41) is 0. The van der Waals surface area contributed by atoms with Crippen molar-refractivity contribution in [2.45, 2.75) is 26.8 Å². The first-order valence-corrected chi connectivity index (χ1v) is 10.9. The molecule has 160 valence electrons. The van der Waals surface area contributed by atoms with Crippen LogP contribution in [0.1, 0.15) is 31.0 Å². The summed E-state index contributed by atoms with van der Waals surface area (Å²) in [4.78, 5) is 34.1. The molecule has 2 amide bonds. The van der Waals surface area contributed by atoms with Crippen LogP contribution < -0.4 is 0 Å². The van der Waals surface area contributed by atoms with Crippen molar-refractivity contribution in [3.63, 3.8) is 0 Å². The lowest BCUT2D eigenvalue weighted by atomic mass is 9.87. The highest BCUT2D eigenvalue weighted by Crippen LogP contribution is 2.45. The van der Waals surface area contributed by atoms with Crippen LogP contribution in [0.5, 0.6) is 0 Å². The number of rotatable bonds is 7. The summed E-state index contributed by atoms with van der Waals surface area (Å²) in [6, 6.07) is 8.43. The first kappa shape index (κ1) is 21.8. The van der Waals surface area contributed by atoms with Gasteiger partial charge < -0.3 is 14.7 Å². The van der Waals surface area contributed by atoms with Crippen molar-refractivity contribution in [2.24, 2.45) is 11.8 Å². The van der Waals surface area contributed by atoms with Gasteiger partial charge in [-0.1, -0.05) is 38.1 Å². The first-order chi connectivity index (χ1) is 13.8. The number of likely N-dealkylation sites (N-methyl/N-ethyl adjacent to an activating group) is 2. The second-order valence-corrected chi connectivity index (χ2v) is 8.77. The monoisotopic (exact) mass is 400 g/mol. The predicted octanol–water partition coefficient (Wildman–Crippen LogP) is 1.86. The molecule has 0 aromatic heterocycles. The zero-order valence-corrected chi connectivity index (χ0v) is 18.6. The lowest BCUT2D eigenvalue weighted by molar-refractivity contribution is -0.134. The van der Waals surface area contributed by atoms with Crippen LogP contribution in [0, 0.1) is 18.8 Å².